The van der Waals surface area contributed by atoms with Gasteiger partial charge in [0.25, 0.3) is 0 Å². The Hall–Kier alpha value is -1.36. The van der Waals surface area contributed by atoms with E-state index in [2.05, 4.69) is 16.9 Å². The Kier molecular flexibility index (Phi) is 3.78. The summed E-state index contributed by atoms with van der Waals surface area (Å²) < 4.78 is 1.99. The molecular formula is C12H19N3O2. The Bertz CT molecular complexity index is 389. The van der Waals surface area contributed by atoms with Crippen molar-refractivity contribution in [2.24, 2.45) is 5.92 Å². The monoisotopic (exact) mass is 237 g/mol. The number of carboxylic acid groups (broad SMARTS) is 1. The summed E-state index contributed by atoms with van der Waals surface area (Å²) in [6.45, 7) is 5.72. The molecule has 1 fully saturated rings. The molecule has 1 aromatic rings. The zero-order chi connectivity index (χ0) is 12.3. The Balaban J connectivity index is 1.87. The molecule has 1 unspecified atom stereocenters. The van der Waals surface area contributed by atoms with Gasteiger partial charge in [-0.05, 0) is 31.9 Å². The quantitative estimate of drug-likeness (QED) is 0.836. The van der Waals surface area contributed by atoms with E-state index in [0.717, 1.165) is 32.6 Å². The van der Waals surface area contributed by atoms with Crippen LogP contribution in [0.5, 0.6) is 0 Å². The molecule has 5 heteroatoms. The number of carbonyl (C=O) groups is 1. The fourth-order valence-electron chi connectivity index (χ4n) is 2.48. The molecule has 17 heavy (non-hydrogen) atoms. The minimum Gasteiger partial charge on any atom is -0.481 e. The van der Waals surface area contributed by atoms with Crippen molar-refractivity contribution in [3.63, 3.8) is 0 Å². The van der Waals surface area contributed by atoms with Crippen LogP contribution in [0.3, 0.4) is 0 Å². The number of hydrogen-bond acceptors (Lipinski definition) is 3. The SMILES string of the molecule is CCn1nccc1CN1CCC(CC(=O)O)C1. The molecule has 2 heterocycles. The van der Waals surface area contributed by atoms with E-state index in [1.807, 2.05) is 16.9 Å². The van der Waals surface area contributed by atoms with Crippen molar-refractivity contribution in [3.8, 4) is 0 Å². The molecule has 0 bridgehead atoms. The third-order valence-corrected chi connectivity index (χ3v) is 3.32. The van der Waals surface area contributed by atoms with E-state index < -0.39 is 5.97 Å². The highest BCUT2D eigenvalue weighted by molar-refractivity contribution is 5.67. The maximum absolute atomic E-state index is 10.6. The van der Waals surface area contributed by atoms with Gasteiger partial charge in [0.1, 0.15) is 0 Å². The van der Waals surface area contributed by atoms with E-state index >= 15 is 0 Å². The van der Waals surface area contributed by atoms with Gasteiger partial charge in [-0.2, -0.15) is 5.10 Å². The lowest BCUT2D eigenvalue weighted by Crippen LogP contribution is -2.22. The molecule has 94 valence electrons. The van der Waals surface area contributed by atoms with Gasteiger partial charge in [-0.3, -0.25) is 14.4 Å². The minimum atomic E-state index is -0.685. The second-order valence-electron chi connectivity index (χ2n) is 4.63. The molecule has 0 radical (unpaired) electrons. The maximum Gasteiger partial charge on any atom is 0.303 e. The van der Waals surface area contributed by atoms with E-state index in [-0.39, 0.29) is 0 Å². The van der Waals surface area contributed by atoms with Gasteiger partial charge in [0.2, 0.25) is 0 Å². The lowest BCUT2D eigenvalue weighted by molar-refractivity contribution is -0.138. The number of nitrogens with zero attached hydrogens (tertiary/aromatic N) is 3. The molecule has 1 atom stereocenters. The summed E-state index contributed by atoms with van der Waals surface area (Å²) in [6.07, 6.45) is 3.11. The fourth-order valence-corrected chi connectivity index (χ4v) is 2.48. The largest absolute Gasteiger partial charge is 0.481 e. The Labute approximate surface area is 101 Å². The molecule has 0 saturated carbocycles. The van der Waals surface area contributed by atoms with Gasteiger partial charge in [0, 0.05) is 32.3 Å². The number of aryl methyl sites for hydroxylation is 1. The average Bonchev–Trinajstić information content (AvgIpc) is 2.87. The first-order valence-electron chi connectivity index (χ1n) is 6.14. The van der Waals surface area contributed by atoms with Crippen molar-refractivity contribution >= 4 is 5.97 Å². The van der Waals surface area contributed by atoms with Crippen LogP contribution in [0.15, 0.2) is 12.3 Å². The van der Waals surface area contributed by atoms with Crippen molar-refractivity contribution in [2.75, 3.05) is 13.1 Å². The van der Waals surface area contributed by atoms with Crippen LogP contribution in [0.1, 0.15) is 25.5 Å². The van der Waals surface area contributed by atoms with E-state index in [4.69, 9.17) is 5.11 Å². The lowest BCUT2D eigenvalue weighted by Gasteiger charge is -2.16. The zero-order valence-corrected chi connectivity index (χ0v) is 10.2. The number of rotatable bonds is 5. The highest BCUT2D eigenvalue weighted by atomic mass is 16.4. The number of aliphatic carboxylic acids is 1. The molecule has 5 nitrogen and oxygen atoms in total. The van der Waals surface area contributed by atoms with Crippen LogP contribution in [-0.4, -0.2) is 38.8 Å². The average molecular weight is 237 g/mol. The Morgan fingerprint density at radius 2 is 2.47 bits per heavy atom. The minimum absolute atomic E-state index is 0.295. The molecule has 2 rings (SSSR count). The normalized spacial score (nSPS) is 20.9. The second-order valence-corrected chi connectivity index (χ2v) is 4.63. The number of aromatic nitrogens is 2. The highest BCUT2D eigenvalue weighted by Gasteiger charge is 2.24. The second kappa shape index (κ2) is 5.31. The fraction of sp³-hybridized carbons (Fsp3) is 0.667. The third kappa shape index (κ3) is 3.06. The summed E-state index contributed by atoms with van der Waals surface area (Å²) in [7, 11) is 0. The van der Waals surface area contributed by atoms with Gasteiger partial charge in [-0.1, -0.05) is 0 Å². The molecule has 0 spiro atoms. The van der Waals surface area contributed by atoms with Crippen molar-refractivity contribution in [2.45, 2.75) is 32.9 Å². The van der Waals surface area contributed by atoms with Gasteiger partial charge in [0.05, 0.1) is 5.69 Å². The van der Waals surface area contributed by atoms with Crippen molar-refractivity contribution < 1.29 is 9.90 Å². The van der Waals surface area contributed by atoms with E-state index in [0.29, 0.717) is 12.3 Å². The number of carboxylic acids is 1. The van der Waals surface area contributed by atoms with Crippen LogP contribution in [0, 0.1) is 5.92 Å². The topological polar surface area (TPSA) is 58.4 Å². The summed E-state index contributed by atoms with van der Waals surface area (Å²) >= 11 is 0. The van der Waals surface area contributed by atoms with Crippen molar-refractivity contribution in [1.82, 2.24) is 14.7 Å². The van der Waals surface area contributed by atoms with E-state index in [9.17, 15) is 4.79 Å². The van der Waals surface area contributed by atoms with Gasteiger partial charge in [-0.15, -0.1) is 0 Å². The molecular weight excluding hydrogens is 218 g/mol. The summed E-state index contributed by atoms with van der Waals surface area (Å²) in [5.74, 6) is -0.374. The highest BCUT2D eigenvalue weighted by Crippen LogP contribution is 2.21. The Morgan fingerprint density at radius 1 is 1.65 bits per heavy atom. The molecule has 0 aliphatic carbocycles. The van der Waals surface area contributed by atoms with Crippen molar-refractivity contribution in [1.29, 1.82) is 0 Å². The number of hydrogen-bond donors (Lipinski definition) is 1. The van der Waals surface area contributed by atoms with Gasteiger partial charge < -0.3 is 5.11 Å². The molecule has 0 aromatic carbocycles. The van der Waals surface area contributed by atoms with Crippen LogP contribution in [-0.2, 0) is 17.9 Å². The molecule has 1 N–H and O–H groups in total. The lowest BCUT2D eigenvalue weighted by atomic mass is 10.1. The maximum atomic E-state index is 10.6. The smallest absolute Gasteiger partial charge is 0.303 e. The van der Waals surface area contributed by atoms with Crippen LogP contribution >= 0.6 is 0 Å². The molecule has 1 aliphatic rings. The van der Waals surface area contributed by atoms with E-state index in [1.54, 1.807) is 0 Å². The van der Waals surface area contributed by atoms with Crippen LogP contribution in [0.25, 0.3) is 0 Å². The van der Waals surface area contributed by atoms with Gasteiger partial charge >= 0.3 is 5.97 Å². The molecule has 1 aliphatic heterocycles. The van der Waals surface area contributed by atoms with Gasteiger partial charge in [-0.25, -0.2) is 0 Å². The molecule has 1 aromatic heterocycles. The first-order valence-corrected chi connectivity index (χ1v) is 6.14. The molecule has 1 saturated heterocycles. The predicted octanol–water partition coefficient (Wildman–Crippen LogP) is 1.20. The zero-order valence-electron chi connectivity index (χ0n) is 10.2. The Morgan fingerprint density at radius 3 is 3.18 bits per heavy atom. The summed E-state index contributed by atoms with van der Waals surface area (Å²) in [5.41, 5.74) is 1.21. The predicted molar refractivity (Wildman–Crippen MR) is 63.5 cm³/mol. The van der Waals surface area contributed by atoms with Crippen molar-refractivity contribution in [3.05, 3.63) is 18.0 Å². The standard InChI is InChI=1S/C12H19N3O2/c1-2-15-11(3-5-13-15)9-14-6-4-10(8-14)7-12(16)17/h3,5,10H,2,4,6-9H2,1H3,(H,16,17). The summed E-state index contributed by atoms with van der Waals surface area (Å²) in [5, 5.41) is 13.0. The first-order chi connectivity index (χ1) is 8.19. The van der Waals surface area contributed by atoms with E-state index in [1.165, 1.54) is 5.69 Å². The van der Waals surface area contributed by atoms with Crippen LogP contribution in [0.4, 0.5) is 0 Å². The first kappa shape index (κ1) is 12.1. The summed E-state index contributed by atoms with van der Waals surface area (Å²) in [4.78, 5) is 13.0. The summed E-state index contributed by atoms with van der Waals surface area (Å²) in [6, 6.07) is 2.04. The van der Waals surface area contributed by atoms with Crippen LogP contribution < -0.4 is 0 Å². The number of likely N-dealkylation sites (tertiary alicyclic amines) is 1. The third-order valence-electron chi connectivity index (χ3n) is 3.32. The van der Waals surface area contributed by atoms with Gasteiger partial charge in [0.15, 0.2) is 0 Å². The molecule has 0 amide bonds. The van der Waals surface area contributed by atoms with Crippen LogP contribution in [0.2, 0.25) is 0 Å².